The molecule has 1 aromatic rings. The third kappa shape index (κ3) is 2.85. The van der Waals surface area contributed by atoms with Crippen molar-refractivity contribution in [3.8, 4) is 0 Å². The van der Waals surface area contributed by atoms with E-state index in [4.69, 9.17) is 0 Å². The second kappa shape index (κ2) is 5.62. The molecule has 1 fully saturated rings. The molecule has 0 spiro atoms. The van der Waals surface area contributed by atoms with Gasteiger partial charge >= 0.3 is 0 Å². The lowest BCUT2D eigenvalue weighted by molar-refractivity contribution is 0.405. The molecule has 1 aromatic heterocycles. The van der Waals surface area contributed by atoms with Crippen LogP contribution in [0.4, 0.5) is 5.82 Å². The SMILES string of the molecule is CC(Br)C1CCN(c2ncncc2I)CC1. The van der Waals surface area contributed by atoms with Crippen LogP contribution in [0.15, 0.2) is 12.5 Å². The van der Waals surface area contributed by atoms with Crippen LogP contribution in [0, 0.1) is 9.49 Å². The fourth-order valence-corrected chi connectivity index (χ4v) is 3.28. The lowest BCUT2D eigenvalue weighted by Crippen LogP contribution is -2.36. The van der Waals surface area contributed by atoms with E-state index in [0.717, 1.165) is 28.4 Å². The molecule has 88 valence electrons. The van der Waals surface area contributed by atoms with Crippen molar-refractivity contribution in [1.29, 1.82) is 0 Å². The zero-order valence-electron chi connectivity index (χ0n) is 9.24. The third-order valence-electron chi connectivity index (χ3n) is 3.14. The summed E-state index contributed by atoms with van der Waals surface area (Å²) >= 11 is 5.99. The molecular weight excluding hydrogens is 381 g/mol. The lowest BCUT2D eigenvalue weighted by atomic mass is 9.94. The molecule has 0 aliphatic carbocycles. The van der Waals surface area contributed by atoms with Crippen molar-refractivity contribution >= 4 is 44.3 Å². The summed E-state index contributed by atoms with van der Waals surface area (Å²) in [6.45, 7) is 4.45. The number of piperidine rings is 1. The first-order chi connectivity index (χ1) is 7.68. The van der Waals surface area contributed by atoms with E-state index >= 15 is 0 Å². The highest BCUT2D eigenvalue weighted by molar-refractivity contribution is 14.1. The number of nitrogens with zero attached hydrogens (tertiary/aromatic N) is 3. The summed E-state index contributed by atoms with van der Waals surface area (Å²) in [5.41, 5.74) is 0. The summed E-state index contributed by atoms with van der Waals surface area (Å²) in [4.78, 5) is 11.4. The van der Waals surface area contributed by atoms with E-state index in [-0.39, 0.29) is 0 Å². The Morgan fingerprint density at radius 2 is 2.19 bits per heavy atom. The van der Waals surface area contributed by atoms with Gasteiger partial charge in [0.15, 0.2) is 0 Å². The largest absolute Gasteiger partial charge is 0.356 e. The van der Waals surface area contributed by atoms with Crippen molar-refractivity contribution < 1.29 is 0 Å². The molecular formula is C11H15BrIN3. The van der Waals surface area contributed by atoms with E-state index in [1.54, 1.807) is 6.33 Å². The van der Waals surface area contributed by atoms with E-state index in [0.29, 0.717) is 4.83 Å². The molecule has 5 heteroatoms. The molecule has 1 saturated heterocycles. The number of alkyl halides is 1. The quantitative estimate of drug-likeness (QED) is 0.569. The molecule has 0 aromatic carbocycles. The summed E-state index contributed by atoms with van der Waals surface area (Å²) in [6, 6.07) is 0. The summed E-state index contributed by atoms with van der Waals surface area (Å²) in [6.07, 6.45) is 6.00. The van der Waals surface area contributed by atoms with Gasteiger partial charge in [0.1, 0.15) is 12.1 Å². The van der Waals surface area contributed by atoms with Crippen molar-refractivity contribution in [1.82, 2.24) is 9.97 Å². The van der Waals surface area contributed by atoms with E-state index in [1.165, 1.54) is 12.8 Å². The van der Waals surface area contributed by atoms with Gasteiger partial charge in [-0.15, -0.1) is 0 Å². The Labute approximate surface area is 118 Å². The van der Waals surface area contributed by atoms with E-state index in [1.807, 2.05) is 6.20 Å². The maximum absolute atomic E-state index is 4.37. The van der Waals surface area contributed by atoms with Crippen molar-refractivity contribution in [3.05, 3.63) is 16.1 Å². The lowest BCUT2D eigenvalue weighted by Gasteiger charge is -2.34. The molecule has 0 saturated carbocycles. The number of hydrogen-bond donors (Lipinski definition) is 0. The second-order valence-electron chi connectivity index (χ2n) is 4.20. The van der Waals surface area contributed by atoms with Crippen molar-refractivity contribution in [2.24, 2.45) is 5.92 Å². The summed E-state index contributed by atoms with van der Waals surface area (Å²) in [7, 11) is 0. The molecule has 1 unspecified atom stereocenters. The summed E-state index contributed by atoms with van der Waals surface area (Å²) in [5.74, 6) is 1.90. The van der Waals surface area contributed by atoms with Crippen molar-refractivity contribution in [2.75, 3.05) is 18.0 Å². The van der Waals surface area contributed by atoms with Gasteiger partial charge in [-0.2, -0.15) is 0 Å². The molecule has 0 amide bonds. The predicted octanol–water partition coefficient (Wildman–Crippen LogP) is 3.08. The molecule has 0 radical (unpaired) electrons. The maximum atomic E-state index is 4.37. The Morgan fingerprint density at radius 1 is 1.50 bits per heavy atom. The monoisotopic (exact) mass is 395 g/mol. The number of anilines is 1. The first kappa shape index (κ1) is 12.5. The molecule has 1 aliphatic rings. The van der Waals surface area contributed by atoms with Crippen molar-refractivity contribution in [2.45, 2.75) is 24.6 Å². The minimum absolute atomic E-state index is 0.624. The van der Waals surface area contributed by atoms with Gasteiger partial charge in [0, 0.05) is 24.1 Å². The average Bonchev–Trinajstić information content (AvgIpc) is 2.30. The zero-order chi connectivity index (χ0) is 11.5. The van der Waals surface area contributed by atoms with Gasteiger partial charge in [-0.1, -0.05) is 22.9 Å². The van der Waals surface area contributed by atoms with Gasteiger partial charge in [-0.05, 0) is 41.4 Å². The molecule has 1 atom stereocenters. The minimum Gasteiger partial charge on any atom is -0.356 e. The van der Waals surface area contributed by atoms with Crippen LogP contribution in [0.3, 0.4) is 0 Å². The van der Waals surface area contributed by atoms with Crippen LogP contribution in [0.5, 0.6) is 0 Å². The standard InChI is InChI=1S/C11H15BrIN3/c1-8(12)9-2-4-16(5-3-9)11-10(13)6-14-7-15-11/h6-9H,2-5H2,1H3. The number of aromatic nitrogens is 2. The van der Waals surface area contributed by atoms with E-state index in [9.17, 15) is 0 Å². The molecule has 16 heavy (non-hydrogen) atoms. The third-order valence-corrected chi connectivity index (χ3v) is 4.65. The van der Waals surface area contributed by atoms with Crippen molar-refractivity contribution in [3.63, 3.8) is 0 Å². The predicted molar refractivity (Wildman–Crippen MR) is 78.1 cm³/mol. The highest BCUT2D eigenvalue weighted by atomic mass is 127. The molecule has 0 N–H and O–H groups in total. The second-order valence-corrected chi connectivity index (χ2v) is 6.80. The van der Waals surface area contributed by atoms with E-state index < -0.39 is 0 Å². The van der Waals surface area contributed by atoms with Gasteiger partial charge in [-0.25, -0.2) is 9.97 Å². The van der Waals surface area contributed by atoms with Gasteiger partial charge < -0.3 is 4.90 Å². The number of hydrogen-bond acceptors (Lipinski definition) is 3. The van der Waals surface area contributed by atoms with Crippen LogP contribution >= 0.6 is 38.5 Å². The first-order valence-electron chi connectivity index (χ1n) is 5.53. The fraction of sp³-hybridized carbons (Fsp3) is 0.636. The van der Waals surface area contributed by atoms with Crippen LogP contribution < -0.4 is 4.90 Å². The first-order valence-corrected chi connectivity index (χ1v) is 7.52. The maximum Gasteiger partial charge on any atom is 0.145 e. The highest BCUT2D eigenvalue weighted by Gasteiger charge is 2.23. The fourth-order valence-electron chi connectivity index (χ4n) is 2.11. The minimum atomic E-state index is 0.624. The van der Waals surface area contributed by atoms with Gasteiger partial charge in [0.05, 0.1) is 3.57 Å². The van der Waals surface area contributed by atoms with Crippen LogP contribution in [-0.4, -0.2) is 27.9 Å². The molecule has 1 aliphatic heterocycles. The topological polar surface area (TPSA) is 29.0 Å². The van der Waals surface area contributed by atoms with Crippen LogP contribution in [-0.2, 0) is 0 Å². The summed E-state index contributed by atoms with van der Waals surface area (Å²) < 4.78 is 1.14. The van der Waals surface area contributed by atoms with Crippen LogP contribution in [0.1, 0.15) is 19.8 Å². The number of rotatable bonds is 2. The molecule has 0 bridgehead atoms. The van der Waals surface area contributed by atoms with Crippen LogP contribution in [0.25, 0.3) is 0 Å². The Kier molecular flexibility index (Phi) is 4.41. The highest BCUT2D eigenvalue weighted by Crippen LogP contribution is 2.28. The van der Waals surface area contributed by atoms with E-state index in [2.05, 4.69) is 60.3 Å². The Bertz CT molecular complexity index is 351. The normalized spacial score (nSPS) is 19.8. The smallest absolute Gasteiger partial charge is 0.145 e. The zero-order valence-corrected chi connectivity index (χ0v) is 13.0. The number of halogens is 2. The molecule has 2 rings (SSSR count). The van der Waals surface area contributed by atoms with Gasteiger partial charge in [-0.3, -0.25) is 0 Å². The van der Waals surface area contributed by atoms with Gasteiger partial charge in [0.2, 0.25) is 0 Å². The Morgan fingerprint density at radius 3 is 2.75 bits per heavy atom. The van der Waals surface area contributed by atoms with Crippen LogP contribution in [0.2, 0.25) is 0 Å². The van der Waals surface area contributed by atoms with Gasteiger partial charge in [0.25, 0.3) is 0 Å². The Hall–Kier alpha value is 0.0900. The average molecular weight is 396 g/mol. The Balaban J connectivity index is 2.02. The molecule has 2 heterocycles. The summed E-state index contributed by atoms with van der Waals surface area (Å²) in [5, 5.41) is 0. The molecule has 3 nitrogen and oxygen atoms in total.